The lowest BCUT2D eigenvalue weighted by Crippen LogP contribution is -2.50. The number of amides is 1. The molecule has 1 aliphatic heterocycles. The van der Waals surface area contributed by atoms with Crippen LogP contribution in [0.4, 0.5) is 10.6 Å². The molecule has 2 rings (SSSR count). The van der Waals surface area contributed by atoms with Gasteiger partial charge >= 0.3 is 6.09 Å². The number of aryl methyl sites for hydroxylation is 1. The number of nitrogens with zero attached hydrogens (tertiary/aromatic N) is 4. The van der Waals surface area contributed by atoms with Crippen molar-refractivity contribution in [3.8, 4) is 0 Å². The van der Waals surface area contributed by atoms with Gasteiger partial charge in [0.05, 0.1) is 0 Å². The van der Waals surface area contributed by atoms with Crippen LogP contribution in [0.5, 0.6) is 0 Å². The van der Waals surface area contributed by atoms with E-state index in [1.807, 2.05) is 34.6 Å². The third kappa shape index (κ3) is 4.00. The molecule has 0 radical (unpaired) electrons. The summed E-state index contributed by atoms with van der Waals surface area (Å²) in [5, 5.41) is 0.483. The van der Waals surface area contributed by atoms with Crippen molar-refractivity contribution in [3.05, 3.63) is 16.5 Å². The molecule has 1 aliphatic rings. The van der Waals surface area contributed by atoms with Gasteiger partial charge in [-0.3, -0.25) is 0 Å². The van der Waals surface area contributed by atoms with E-state index in [-0.39, 0.29) is 6.09 Å². The van der Waals surface area contributed by atoms with E-state index >= 15 is 0 Å². The number of hydrogen-bond acceptors (Lipinski definition) is 5. The monoisotopic (exact) mass is 326 g/mol. The van der Waals surface area contributed by atoms with Gasteiger partial charge in [-0.05, 0) is 34.6 Å². The molecule has 0 aromatic carbocycles. The lowest BCUT2D eigenvalue weighted by atomic mass is 10.2. The maximum absolute atomic E-state index is 12.1. The summed E-state index contributed by atoms with van der Waals surface area (Å²) in [4.78, 5) is 24.6. The summed E-state index contributed by atoms with van der Waals surface area (Å²) in [7, 11) is 0. The van der Waals surface area contributed by atoms with E-state index in [2.05, 4.69) is 14.9 Å². The van der Waals surface area contributed by atoms with E-state index in [0.29, 0.717) is 37.2 Å². The van der Waals surface area contributed by atoms with Crippen molar-refractivity contribution in [1.82, 2.24) is 14.9 Å². The van der Waals surface area contributed by atoms with Crippen LogP contribution in [0.3, 0.4) is 0 Å². The predicted molar refractivity (Wildman–Crippen MR) is 86.5 cm³/mol. The molecular weight excluding hydrogens is 304 g/mol. The van der Waals surface area contributed by atoms with E-state index in [1.54, 1.807) is 4.90 Å². The number of rotatable bonds is 1. The molecule has 0 aliphatic carbocycles. The van der Waals surface area contributed by atoms with Gasteiger partial charge in [0, 0.05) is 31.7 Å². The third-order valence-electron chi connectivity index (χ3n) is 3.40. The summed E-state index contributed by atoms with van der Waals surface area (Å²) in [6.45, 7) is 12.0. The zero-order chi connectivity index (χ0) is 16.5. The largest absolute Gasteiger partial charge is 0.444 e. The molecule has 122 valence electrons. The Hall–Kier alpha value is -1.56. The number of ether oxygens (including phenoxy) is 1. The fraction of sp³-hybridized carbons (Fsp3) is 0.667. The first-order valence-corrected chi connectivity index (χ1v) is 7.79. The normalized spacial score (nSPS) is 15.9. The minimum Gasteiger partial charge on any atom is -0.444 e. The van der Waals surface area contributed by atoms with Crippen molar-refractivity contribution in [3.63, 3.8) is 0 Å². The quantitative estimate of drug-likeness (QED) is 0.743. The van der Waals surface area contributed by atoms with E-state index in [1.165, 1.54) is 0 Å². The summed E-state index contributed by atoms with van der Waals surface area (Å²) in [5.74, 6) is 1.50. The lowest BCUT2D eigenvalue weighted by Gasteiger charge is -2.36. The maximum atomic E-state index is 12.1. The Balaban J connectivity index is 2.02. The smallest absolute Gasteiger partial charge is 0.410 e. The fourth-order valence-corrected chi connectivity index (χ4v) is 2.52. The van der Waals surface area contributed by atoms with E-state index in [9.17, 15) is 4.79 Å². The molecule has 1 saturated heterocycles. The number of anilines is 1. The van der Waals surface area contributed by atoms with Gasteiger partial charge in [-0.1, -0.05) is 11.6 Å². The molecular formula is C15H23ClN4O2. The molecule has 1 aromatic heterocycles. The second-order valence-corrected chi connectivity index (χ2v) is 6.82. The van der Waals surface area contributed by atoms with Gasteiger partial charge in [-0.2, -0.15) is 0 Å². The number of aromatic nitrogens is 2. The maximum Gasteiger partial charge on any atom is 0.410 e. The zero-order valence-corrected chi connectivity index (χ0v) is 14.6. The minimum absolute atomic E-state index is 0.263. The van der Waals surface area contributed by atoms with Gasteiger partial charge in [0.15, 0.2) is 0 Å². The lowest BCUT2D eigenvalue weighted by molar-refractivity contribution is 0.0240. The van der Waals surface area contributed by atoms with Crippen LogP contribution in [-0.2, 0) is 4.74 Å². The molecule has 0 spiro atoms. The number of hydrogen-bond donors (Lipinski definition) is 0. The Morgan fingerprint density at radius 3 is 2.27 bits per heavy atom. The standard InChI is InChI=1S/C15H23ClN4O2/c1-10-12(16)17-11(2)18-13(10)19-6-8-20(9-7-19)14(21)22-15(3,4)5/h6-9H2,1-5H3. The average molecular weight is 327 g/mol. The highest BCUT2D eigenvalue weighted by atomic mass is 35.5. The average Bonchev–Trinajstić information content (AvgIpc) is 2.41. The van der Waals surface area contributed by atoms with Gasteiger partial charge in [-0.15, -0.1) is 0 Å². The molecule has 1 aromatic rings. The molecule has 7 heteroatoms. The summed E-state index contributed by atoms with van der Waals surface area (Å²) in [6, 6.07) is 0. The van der Waals surface area contributed by atoms with Crippen molar-refractivity contribution < 1.29 is 9.53 Å². The van der Waals surface area contributed by atoms with Crippen LogP contribution in [-0.4, -0.2) is 52.7 Å². The molecule has 0 unspecified atom stereocenters. The summed E-state index contributed by atoms with van der Waals surface area (Å²) < 4.78 is 5.40. The predicted octanol–water partition coefficient (Wildman–Crippen LogP) is 2.80. The van der Waals surface area contributed by atoms with Crippen molar-refractivity contribution in [2.75, 3.05) is 31.1 Å². The van der Waals surface area contributed by atoms with Crippen LogP contribution in [0.2, 0.25) is 5.15 Å². The number of halogens is 1. The van der Waals surface area contributed by atoms with Crippen LogP contribution >= 0.6 is 11.6 Å². The van der Waals surface area contributed by atoms with Crippen molar-refractivity contribution >= 4 is 23.5 Å². The number of carbonyl (C=O) groups is 1. The SMILES string of the molecule is Cc1nc(Cl)c(C)c(N2CCN(C(=O)OC(C)(C)C)CC2)n1. The Morgan fingerprint density at radius 1 is 1.14 bits per heavy atom. The highest BCUT2D eigenvalue weighted by Crippen LogP contribution is 2.24. The highest BCUT2D eigenvalue weighted by molar-refractivity contribution is 6.30. The Morgan fingerprint density at radius 2 is 1.73 bits per heavy atom. The van der Waals surface area contributed by atoms with Crippen LogP contribution < -0.4 is 4.90 Å². The number of piperazine rings is 1. The molecule has 0 bridgehead atoms. The molecule has 0 atom stereocenters. The summed E-state index contributed by atoms with van der Waals surface area (Å²) in [5.41, 5.74) is 0.403. The molecule has 0 saturated carbocycles. The molecule has 22 heavy (non-hydrogen) atoms. The molecule has 6 nitrogen and oxygen atoms in total. The Labute approximate surface area is 136 Å². The van der Waals surface area contributed by atoms with Crippen LogP contribution in [0, 0.1) is 13.8 Å². The second kappa shape index (κ2) is 6.28. The van der Waals surface area contributed by atoms with Gasteiger partial charge in [0.25, 0.3) is 0 Å². The minimum atomic E-state index is -0.470. The highest BCUT2D eigenvalue weighted by Gasteiger charge is 2.27. The summed E-state index contributed by atoms with van der Waals surface area (Å²) >= 11 is 6.13. The zero-order valence-electron chi connectivity index (χ0n) is 13.8. The third-order valence-corrected chi connectivity index (χ3v) is 3.77. The first-order chi connectivity index (χ1) is 10.2. The Kier molecular flexibility index (Phi) is 4.80. The molecule has 1 amide bonds. The van der Waals surface area contributed by atoms with Gasteiger partial charge in [0.2, 0.25) is 0 Å². The number of carbonyl (C=O) groups excluding carboxylic acids is 1. The fourth-order valence-electron chi connectivity index (χ4n) is 2.32. The molecule has 0 N–H and O–H groups in total. The van der Waals surface area contributed by atoms with E-state index in [4.69, 9.17) is 16.3 Å². The van der Waals surface area contributed by atoms with E-state index in [0.717, 1.165) is 11.4 Å². The topological polar surface area (TPSA) is 58.6 Å². The van der Waals surface area contributed by atoms with Crippen molar-refractivity contribution in [1.29, 1.82) is 0 Å². The summed E-state index contributed by atoms with van der Waals surface area (Å²) in [6.07, 6.45) is -0.263. The molecule has 2 heterocycles. The van der Waals surface area contributed by atoms with Crippen LogP contribution in [0.15, 0.2) is 0 Å². The molecule has 1 fully saturated rings. The van der Waals surface area contributed by atoms with Crippen molar-refractivity contribution in [2.45, 2.75) is 40.2 Å². The van der Waals surface area contributed by atoms with E-state index < -0.39 is 5.60 Å². The van der Waals surface area contributed by atoms with Crippen LogP contribution in [0.1, 0.15) is 32.2 Å². The van der Waals surface area contributed by atoms with Crippen molar-refractivity contribution in [2.24, 2.45) is 0 Å². The second-order valence-electron chi connectivity index (χ2n) is 6.46. The van der Waals surface area contributed by atoms with Crippen LogP contribution in [0.25, 0.3) is 0 Å². The van der Waals surface area contributed by atoms with Gasteiger partial charge < -0.3 is 14.5 Å². The first-order valence-electron chi connectivity index (χ1n) is 7.41. The van der Waals surface area contributed by atoms with Gasteiger partial charge in [0.1, 0.15) is 22.4 Å². The van der Waals surface area contributed by atoms with Gasteiger partial charge in [-0.25, -0.2) is 14.8 Å². The first kappa shape index (κ1) is 16.8. The Bertz CT molecular complexity index is 563.